The number of ether oxygens (including phenoxy) is 4. The molecule has 0 radical (unpaired) electrons. The fourth-order valence-electron chi connectivity index (χ4n) is 4.05. The van der Waals surface area contributed by atoms with Crippen LogP contribution in [0.15, 0.2) is 12.1 Å². The van der Waals surface area contributed by atoms with Crippen LogP contribution in [0.3, 0.4) is 0 Å². The van der Waals surface area contributed by atoms with Crippen molar-refractivity contribution in [3.8, 4) is 23.0 Å². The molecule has 0 saturated carbocycles. The lowest BCUT2D eigenvalue weighted by Gasteiger charge is -2.24. The Kier molecular flexibility index (Phi) is 6.52. The van der Waals surface area contributed by atoms with Gasteiger partial charge in [-0.25, -0.2) is 9.59 Å². The van der Waals surface area contributed by atoms with Gasteiger partial charge in [0.1, 0.15) is 23.3 Å². The molecular formula is C24H28O8. The van der Waals surface area contributed by atoms with Crippen LogP contribution in [0.1, 0.15) is 56.8 Å². The van der Waals surface area contributed by atoms with Crippen LogP contribution in [0.5, 0.6) is 23.0 Å². The van der Waals surface area contributed by atoms with Crippen molar-refractivity contribution in [1.82, 2.24) is 0 Å². The zero-order valence-corrected chi connectivity index (χ0v) is 19.1. The number of carbonyl (C=O) groups is 2. The van der Waals surface area contributed by atoms with Crippen molar-refractivity contribution in [1.29, 1.82) is 0 Å². The van der Waals surface area contributed by atoms with Crippen molar-refractivity contribution >= 4 is 11.9 Å². The number of cyclic esters (lactones) is 2. The zero-order valence-electron chi connectivity index (χ0n) is 19.1. The van der Waals surface area contributed by atoms with E-state index in [0.29, 0.717) is 24.3 Å². The average molecular weight is 444 g/mol. The van der Waals surface area contributed by atoms with Gasteiger partial charge in [-0.2, -0.15) is 0 Å². The van der Waals surface area contributed by atoms with E-state index in [1.807, 2.05) is 27.7 Å². The molecule has 32 heavy (non-hydrogen) atoms. The molecule has 0 aromatic heterocycles. The first-order valence-corrected chi connectivity index (χ1v) is 10.3. The molecule has 172 valence electrons. The minimum atomic E-state index is -0.478. The van der Waals surface area contributed by atoms with E-state index in [-0.39, 0.29) is 34.8 Å². The predicted octanol–water partition coefficient (Wildman–Crippen LogP) is 3.62. The summed E-state index contributed by atoms with van der Waals surface area (Å²) in [7, 11) is 2.91. The molecule has 2 aromatic carbocycles. The second-order valence-corrected chi connectivity index (χ2v) is 8.04. The van der Waals surface area contributed by atoms with E-state index in [4.69, 9.17) is 18.9 Å². The number of aromatic hydroxyl groups is 2. The molecule has 0 saturated heterocycles. The molecular weight excluding hydrogens is 416 g/mol. The lowest BCUT2D eigenvalue weighted by molar-refractivity contribution is 0.0284. The van der Waals surface area contributed by atoms with Crippen molar-refractivity contribution in [2.24, 2.45) is 0 Å². The van der Waals surface area contributed by atoms with Crippen LogP contribution in [0.4, 0.5) is 0 Å². The van der Waals surface area contributed by atoms with Gasteiger partial charge in [0, 0.05) is 12.8 Å². The Labute approximate surface area is 186 Å². The molecule has 2 aliphatic rings. The number of phenols is 2. The smallest absolute Gasteiger partial charge is 0.342 e. The van der Waals surface area contributed by atoms with E-state index in [1.54, 1.807) is 12.1 Å². The quantitative estimate of drug-likeness (QED) is 0.676. The van der Waals surface area contributed by atoms with Crippen molar-refractivity contribution in [3.63, 3.8) is 0 Å². The summed E-state index contributed by atoms with van der Waals surface area (Å²) in [4.78, 5) is 23.4. The predicted molar refractivity (Wildman–Crippen MR) is 116 cm³/mol. The van der Waals surface area contributed by atoms with Crippen LogP contribution in [0.2, 0.25) is 0 Å². The fraction of sp³-hybridized carbons (Fsp3) is 0.417. The van der Waals surface area contributed by atoms with E-state index in [1.165, 1.54) is 14.2 Å². The summed E-state index contributed by atoms with van der Waals surface area (Å²) in [5, 5.41) is 19.8. The summed E-state index contributed by atoms with van der Waals surface area (Å²) in [6, 6.07) is 3.47. The second kappa shape index (κ2) is 8.98. The lowest BCUT2D eigenvalue weighted by Crippen LogP contribution is -2.26. The third-order valence-corrected chi connectivity index (χ3v) is 5.64. The molecule has 0 spiro atoms. The van der Waals surface area contributed by atoms with Gasteiger partial charge in [0.25, 0.3) is 0 Å². The fourth-order valence-corrected chi connectivity index (χ4v) is 4.05. The van der Waals surface area contributed by atoms with E-state index >= 15 is 0 Å². The summed E-state index contributed by atoms with van der Waals surface area (Å²) in [5.41, 5.74) is 4.07. The molecule has 0 unspecified atom stereocenters. The molecule has 2 N–H and O–H groups in total. The maximum Gasteiger partial charge on any atom is 0.342 e. The molecule has 2 atom stereocenters. The second-order valence-electron chi connectivity index (χ2n) is 8.04. The van der Waals surface area contributed by atoms with Gasteiger partial charge in [-0.05, 0) is 62.1 Å². The Morgan fingerprint density at radius 3 is 1.44 bits per heavy atom. The number of hydrogen-bond acceptors (Lipinski definition) is 8. The monoisotopic (exact) mass is 444 g/mol. The van der Waals surface area contributed by atoms with Crippen molar-refractivity contribution < 1.29 is 38.7 Å². The Morgan fingerprint density at radius 2 is 1.12 bits per heavy atom. The maximum atomic E-state index is 11.7. The van der Waals surface area contributed by atoms with Gasteiger partial charge in [0.15, 0.2) is 23.0 Å². The van der Waals surface area contributed by atoms with Crippen molar-refractivity contribution in [2.45, 2.75) is 52.7 Å². The van der Waals surface area contributed by atoms with Gasteiger partial charge in [-0.1, -0.05) is 0 Å². The summed E-state index contributed by atoms with van der Waals surface area (Å²) >= 11 is 0. The van der Waals surface area contributed by atoms with E-state index < -0.39 is 11.9 Å². The van der Waals surface area contributed by atoms with E-state index in [2.05, 4.69) is 0 Å². The Hall–Kier alpha value is -3.42. The highest BCUT2D eigenvalue weighted by Crippen LogP contribution is 2.39. The normalized spacial score (nSPS) is 18.9. The van der Waals surface area contributed by atoms with Gasteiger partial charge >= 0.3 is 11.9 Å². The molecule has 0 bridgehead atoms. The first-order chi connectivity index (χ1) is 15.1. The van der Waals surface area contributed by atoms with Crippen LogP contribution in [-0.2, 0) is 22.3 Å². The molecule has 2 aliphatic heterocycles. The van der Waals surface area contributed by atoms with Crippen LogP contribution >= 0.6 is 0 Å². The van der Waals surface area contributed by atoms with Gasteiger partial charge in [-0.15, -0.1) is 0 Å². The van der Waals surface area contributed by atoms with Gasteiger partial charge in [0.05, 0.1) is 14.2 Å². The standard InChI is InChI=1S/2C12H14O4/c2*1-6-4-9(15-3)11(13)10-8(6)5-7(2)16-12(10)14/h2*4,7,13H,5H2,1-3H3/t2*7-/m00/s1. The van der Waals surface area contributed by atoms with Gasteiger partial charge < -0.3 is 29.2 Å². The Balaban J connectivity index is 0.000000181. The van der Waals surface area contributed by atoms with Gasteiger partial charge in [-0.3, -0.25) is 0 Å². The SMILES string of the molecule is COc1cc(C)c2c(c1O)C(=O)O[C@@H](C)C2.COc1cc(C)c2c(c1O)C(=O)O[C@@H](C)C2. The van der Waals surface area contributed by atoms with Crippen molar-refractivity contribution in [2.75, 3.05) is 14.2 Å². The highest BCUT2D eigenvalue weighted by atomic mass is 16.5. The number of hydrogen-bond donors (Lipinski definition) is 2. The molecule has 8 heteroatoms. The molecule has 2 aromatic rings. The maximum absolute atomic E-state index is 11.7. The minimum Gasteiger partial charge on any atom is -0.504 e. The lowest BCUT2D eigenvalue weighted by atomic mass is 9.93. The minimum absolute atomic E-state index is 0.125. The highest BCUT2D eigenvalue weighted by Gasteiger charge is 2.31. The number of phenolic OH excluding ortho intramolecular Hbond substituents is 2. The number of rotatable bonds is 2. The number of aryl methyl sites for hydroxylation is 2. The first kappa shape index (κ1) is 23.2. The molecule has 4 rings (SSSR count). The molecule has 8 nitrogen and oxygen atoms in total. The van der Waals surface area contributed by atoms with Gasteiger partial charge in [0.2, 0.25) is 0 Å². The van der Waals surface area contributed by atoms with Crippen molar-refractivity contribution in [3.05, 3.63) is 45.5 Å². The summed E-state index contributed by atoms with van der Waals surface area (Å²) in [6.07, 6.45) is 0.965. The third kappa shape index (κ3) is 4.17. The number of methoxy groups -OCH3 is 2. The van der Waals surface area contributed by atoms with E-state index in [9.17, 15) is 19.8 Å². The first-order valence-electron chi connectivity index (χ1n) is 10.3. The Bertz CT molecular complexity index is 987. The molecule has 0 aliphatic carbocycles. The number of benzene rings is 2. The highest BCUT2D eigenvalue weighted by molar-refractivity contribution is 5.97. The molecule has 0 fully saturated rings. The zero-order chi connectivity index (χ0) is 23.7. The van der Waals surface area contributed by atoms with Crippen LogP contribution in [-0.4, -0.2) is 48.6 Å². The largest absolute Gasteiger partial charge is 0.504 e. The van der Waals surface area contributed by atoms with Crippen LogP contribution in [0.25, 0.3) is 0 Å². The van der Waals surface area contributed by atoms with E-state index in [0.717, 1.165) is 22.3 Å². The summed E-state index contributed by atoms with van der Waals surface area (Å²) < 4.78 is 20.2. The molecule has 2 heterocycles. The topological polar surface area (TPSA) is 112 Å². The summed E-state index contributed by atoms with van der Waals surface area (Å²) in [5.74, 6) is -0.591. The van der Waals surface area contributed by atoms with Crippen LogP contribution in [0, 0.1) is 13.8 Å². The average Bonchev–Trinajstić information content (AvgIpc) is 2.72. The summed E-state index contributed by atoms with van der Waals surface area (Å²) in [6.45, 7) is 7.46. The van der Waals surface area contributed by atoms with Crippen LogP contribution < -0.4 is 9.47 Å². The number of carbonyl (C=O) groups excluding carboxylic acids is 2. The number of fused-ring (bicyclic) bond motifs is 2. The third-order valence-electron chi connectivity index (χ3n) is 5.64. The molecule has 0 amide bonds. The number of esters is 2. The Morgan fingerprint density at radius 1 is 0.781 bits per heavy atom.